The summed E-state index contributed by atoms with van der Waals surface area (Å²) in [6.07, 6.45) is 1.67. The lowest BCUT2D eigenvalue weighted by Gasteiger charge is -2.20. The van der Waals surface area contributed by atoms with Crippen LogP contribution in [0.5, 0.6) is 0 Å². The zero-order chi connectivity index (χ0) is 22.1. The van der Waals surface area contributed by atoms with Gasteiger partial charge in [0.1, 0.15) is 5.69 Å². The Hall–Kier alpha value is -3.00. The maximum Gasteiger partial charge on any atom is 0.278 e. The van der Waals surface area contributed by atoms with Crippen LogP contribution in [0.1, 0.15) is 54.1 Å². The first-order valence-corrected chi connectivity index (χ1v) is 11.4. The number of nitrogens with zero attached hydrogens (tertiary/aromatic N) is 6. The normalized spacial score (nSPS) is 11.5. The van der Waals surface area contributed by atoms with E-state index in [1.54, 1.807) is 33.2 Å². The lowest BCUT2D eigenvalue weighted by atomic mass is 10.0. The number of para-hydroxylation sites is 1. The molecule has 1 aromatic carbocycles. The second-order valence-electron chi connectivity index (χ2n) is 7.98. The number of fused-ring (bicyclic) bond motifs is 1. The average Bonchev–Trinajstić information content (AvgIpc) is 3.45. The molecule has 7 nitrogen and oxygen atoms in total. The van der Waals surface area contributed by atoms with Gasteiger partial charge in [0.15, 0.2) is 5.13 Å². The second kappa shape index (κ2) is 8.63. The van der Waals surface area contributed by atoms with E-state index in [0.29, 0.717) is 36.4 Å². The summed E-state index contributed by atoms with van der Waals surface area (Å²) in [6.45, 7) is 12.0. The molecule has 0 radical (unpaired) electrons. The fraction of sp³-hybridized carbons (Fsp3) is 0.391. The van der Waals surface area contributed by atoms with E-state index in [9.17, 15) is 4.79 Å². The summed E-state index contributed by atoms with van der Waals surface area (Å²) in [7, 11) is 0. The Labute approximate surface area is 186 Å². The summed E-state index contributed by atoms with van der Waals surface area (Å²) < 4.78 is 4.76. The van der Waals surface area contributed by atoms with Crippen LogP contribution in [0.15, 0.2) is 36.5 Å². The van der Waals surface area contributed by atoms with Gasteiger partial charge in [-0.15, -0.1) is 0 Å². The van der Waals surface area contributed by atoms with E-state index in [1.165, 1.54) is 5.56 Å². The molecule has 0 atom stereocenters. The maximum absolute atomic E-state index is 13.6. The maximum atomic E-state index is 13.6. The second-order valence-corrected chi connectivity index (χ2v) is 8.99. The minimum atomic E-state index is -0.0916. The number of thiazole rings is 1. The van der Waals surface area contributed by atoms with E-state index < -0.39 is 0 Å². The smallest absolute Gasteiger partial charge is 0.278 e. The number of aromatic nitrogens is 5. The Bertz CT molecular complexity index is 1220. The van der Waals surface area contributed by atoms with Crippen LogP contribution in [-0.2, 0) is 13.1 Å². The van der Waals surface area contributed by atoms with Crippen molar-refractivity contribution in [1.82, 2.24) is 24.5 Å². The van der Waals surface area contributed by atoms with Crippen LogP contribution in [-0.4, -0.2) is 37.0 Å². The monoisotopic (exact) mass is 436 g/mol. The number of anilines is 1. The fourth-order valence-electron chi connectivity index (χ4n) is 3.82. The third kappa shape index (κ3) is 4.12. The first-order chi connectivity index (χ1) is 14.9. The highest BCUT2D eigenvalue weighted by Gasteiger charge is 2.25. The molecular formula is C23H28N6OS. The molecule has 0 bridgehead atoms. The molecule has 0 N–H and O–H groups in total. The van der Waals surface area contributed by atoms with E-state index in [1.807, 2.05) is 31.5 Å². The molecule has 1 amide bonds. The van der Waals surface area contributed by atoms with Gasteiger partial charge in [0, 0.05) is 25.0 Å². The van der Waals surface area contributed by atoms with Crippen molar-refractivity contribution in [3.05, 3.63) is 59.2 Å². The molecule has 3 heterocycles. The molecule has 0 aliphatic heterocycles. The quantitative estimate of drug-likeness (QED) is 0.417. The highest BCUT2D eigenvalue weighted by atomic mass is 32.1. The summed E-state index contributed by atoms with van der Waals surface area (Å²) in [5, 5.41) is 9.55. The average molecular weight is 437 g/mol. The van der Waals surface area contributed by atoms with Crippen molar-refractivity contribution in [3.63, 3.8) is 0 Å². The molecule has 0 aliphatic rings. The summed E-state index contributed by atoms with van der Waals surface area (Å²) in [4.78, 5) is 20.3. The third-order valence-corrected chi connectivity index (χ3v) is 6.45. The molecule has 31 heavy (non-hydrogen) atoms. The molecule has 0 spiro atoms. The first-order valence-electron chi connectivity index (χ1n) is 10.6. The molecule has 3 aromatic heterocycles. The number of amides is 1. The van der Waals surface area contributed by atoms with Gasteiger partial charge in [-0.2, -0.15) is 10.2 Å². The van der Waals surface area contributed by atoms with Crippen molar-refractivity contribution in [2.75, 3.05) is 11.4 Å². The number of rotatable bonds is 7. The number of hydrogen-bond donors (Lipinski definition) is 0. The Balaban J connectivity index is 1.74. The van der Waals surface area contributed by atoms with Gasteiger partial charge >= 0.3 is 0 Å². The Kier molecular flexibility index (Phi) is 5.91. The van der Waals surface area contributed by atoms with Gasteiger partial charge < -0.3 is 0 Å². The zero-order valence-corrected chi connectivity index (χ0v) is 19.5. The minimum absolute atomic E-state index is 0.0916. The standard InChI is InChI=1S/C23H28N6OS/c1-6-28-19(10-11-24-28)22(30)27(12-13-29-17(5)14-16(4)26-29)23-25-21-18(15(2)3)8-7-9-20(21)31-23/h7-11,14-15H,6,12-13H2,1-5H3. The SMILES string of the molecule is CCn1nccc1C(=O)N(CCn1nc(C)cc1C)c1nc2c(C(C)C)cccc2s1. The fourth-order valence-corrected chi connectivity index (χ4v) is 4.85. The molecule has 0 saturated carbocycles. The van der Waals surface area contributed by atoms with Gasteiger partial charge in [0.2, 0.25) is 0 Å². The lowest BCUT2D eigenvalue weighted by Crippen LogP contribution is -2.35. The van der Waals surface area contributed by atoms with Crippen molar-refractivity contribution in [1.29, 1.82) is 0 Å². The number of benzene rings is 1. The summed E-state index contributed by atoms with van der Waals surface area (Å²) in [5.74, 6) is 0.269. The molecule has 0 aliphatic carbocycles. The largest absolute Gasteiger partial charge is 0.281 e. The Morgan fingerprint density at radius 1 is 1.19 bits per heavy atom. The molecular weight excluding hydrogens is 408 g/mol. The lowest BCUT2D eigenvalue weighted by molar-refractivity contribution is 0.0975. The van der Waals surface area contributed by atoms with Gasteiger partial charge in [0.25, 0.3) is 5.91 Å². The highest BCUT2D eigenvalue weighted by molar-refractivity contribution is 7.22. The molecule has 162 valence electrons. The van der Waals surface area contributed by atoms with E-state index in [2.05, 4.69) is 42.2 Å². The van der Waals surface area contributed by atoms with Crippen molar-refractivity contribution in [3.8, 4) is 0 Å². The predicted octanol–water partition coefficient (Wildman–Crippen LogP) is 4.80. The summed E-state index contributed by atoms with van der Waals surface area (Å²) in [6, 6.07) is 10.1. The number of aryl methyl sites for hydroxylation is 3. The van der Waals surface area contributed by atoms with Gasteiger partial charge in [-0.25, -0.2) is 4.98 Å². The summed E-state index contributed by atoms with van der Waals surface area (Å²) >= 11 is 1.56. The topological polar surface area (TPSA) is 68.8 Å². The van der Waals surface area contributed by atoms with Gasteiger partial charge in [0.05, 0.1) is 22.5 Å². The van der Waals surface area contributed by atoms with Gasteiger partial charge in [-0.1, -0.05) is 37.3 Å². The molecule has 8 heteroatoms. The van der Waals surface area contributed by atoms with E-state index >= 15 is 0 Å². The van der Waals surface area contributed by atoms with Crippen LogP contribution in [0.3, 0.4) is 0 Å². The van der Waals surface area contributed by atoms with Crippen molar-refractivity contribution in [2.24, 2.45) is 0 Å². The molecule has 0 fully saturated rings. The predicted molar refractivity (Wildman–Crippen MR) is 125 cm³/mol. The third-order valence-electron chi connectivity index (χ3n) is 5.41. The van der Waals surface area contributed by atoms with E-state index in [0.717, 1.165) is 21.6 Å². The summed E-state index contributed by atoms with van der Waals surface area (Å²) in [5.41, 5.74) is 4.80. The highest BCUT2D eigenvalue weighted by Crippen LogP contribution is 2.34. The van der Waals surface area contributed by atoms with E-state index in [4.69, 9.17) is 4.98 Å². The number of hydrogen-bond acceptors (Lipinski definition) is 5. The first kappa shape index (κ1) is 21.2. The number of carbonyl (C=O) groups is 1. The van der Waals surface area contributed by atoms with Crippen LogP contribution in [0.25, 0.3) is 10.2 Å². The molecule has 0 unspecified atom stereocenters. The number of carbonyl (C=O) groups excluding carboxylic acids is 1. The molecule has 4 rings (SSSR count). The van der Waals surface area contributed by atoms with Crippen LogP contribution in [0.2, 0.25) is 0 Å². The minimum Gasteiger partial charge on any atom is -0.281 e. The van der Waals surface area contributed by atoms with E-state index in [-0.39, 0.29) is 5.91 Å². The van der Waals surface area contributed by atoms with Crippen molar-refractivity contribution >= 4 is 32.6 Å². The van der Waals surface area contributed by atoms with Crippen LogP contribution in [0.4, 0.5) is 5.13 Å². The molecule has 0 saturated heterocycles. The molecule has 4 aromatic rings. The van der Waals surface area contributed by atoms with Crippen molar-refractivity contribution in [2.45, 2.75) is 53.6 Å². The Morgan fingerprint density at radius 2 is 2.00 bits per heavy atom. The zero-order valence-electron chi connectivity index (χ0n) is 18.7. The van der Waals surface area contributed by atoms with Gasteiger partial charge in [-0.05, 0) is 50.5 Å². The van der Waals surface area contributed by atoms with Crippen LogP contribution < -0.4 is 4.90 Å². The van der Waals surface area contributed by atoms with Crippen LogP contribution in [0, 0.1) is 13.8 Å². The van der Waals surface area contributed by atoms with Gasteiger partial charge in [-0.3, -0.25) is 19.1 Å². The van der Waals surface area contributed by atoms with Crippen molar-refractivity contribution < 1.29 is 4.79 Å². The van der Waals surface area contributed by atoms with Crippen LogP contribution >= 0.6 is 11.3 Å². The Morgan fingerprint density at radius 3 is 2.68 bits per heavy atom.